The highest BCUT2D eigenvalue weighted by Gasteiger charge is 2.16. The van der Waals surface area contributed by atoms with E-state index in [1.807, 2.05) is 6.92 Å². The van der Waals surface area contributed by atoms with E-state index in [2.05, 4.69) is 33.0 Å². The van der Waals surface area contributed by atoms with E-state index in [1.165, 1.54) is 0 Å². The molecule has 0 fully saturated rings. The van der Waals surface area contributed by atoms with Crippen LogP contribution in [0.4, 0.5) is 0 Å². The Balaban J connectivity index is 4.01. The van der Waals surface area contributed by atoms with Crippen LogP contribution in [0.1, 0.15) is 47.5 Å². The molecule has 0 radical (unpaired) electrons. The van der Waals surface area contributed by atoms with Crippen LogP contribution < -0.4 is 11.1 Å². The SMILES string of the molecule is CC(C)CC(CN)CC(=O)NC(C)C(C)C. The van der Waals surface area contributed by atoms with Gasteiger partial charge in [0.2, 0.25) is 5.91 Å². The van der Waals surface area contributed by atoms with Crippen LogP contribution in [-0.2, 0) is 4.79 Å². The molecule has 1 amide bonds. The van der Waals surface area contributed by atoms with Gasteiger partial charge >= 0.3 is 0 Å². The molecule has 2 atom stereocenters. The monoisotopic (exact) mass is 228 g/mol. The van der Waals surface area contributed by atoms with E-state index in [1.54, 1.807) is 0 Å². The Hall–Kier alpha value is -0.570. The van der Waals surface area contributed by atoms with Crippen molar-refractivity contribution in [2.45, 2.75) is 53.5 Å². The van der Waals surface area contributed by atoms with Crippen molar-refractivity contribution >= 4 is 5.91 Å². The van der Waals surface area contributed by atoms with Crippen molar-refractivity contribution in [3.8, 4) is 0 Å². The molecule has 0 rings (SSSR count). The van der Waals surface area contributed by atoms with E-state index in [9.17, 15) is 4.79 Å². The molecule has 0 saturated heterocycles. The molecule has 2 unspecified atom stereocenters. The van der Waals surface area contributed by atoms with E-state index in [0.29, 0.717) is 30.7 Å². The van der Waals surface area contributed by atoms with E-state index in [0.717, 1.165) is 6.42 Å². The minimum atomic E-state index is 0.136. The van der Waals surface area contributed by atoms with Gasteiger partial charge in [-0.1, -0.05) is 27.7 Å². The maximum absolute atomic E-state index is 11.7. The molecule has 0 spiro atoms. The molecule has 0 aromatic heterocycles. The van der Waals surface area contributed by atoms with Gasteiger partial charge in [-0.15, -0.1) is 0 Å². The summed E-state index contributed by atoms with van der Waals surface area (Å²) < 4.78 is 0. The largest absolute Gasteiger partial charge is 0.353 e. The molecule has 0 aromatic carbocycles. The molecule has 3 heteroatoms. The molecule has 3 N–H and O–H groups in total. The minimum absolute atomic E-state index is 0.136. The number of nitrogens with one attached hydrogen (secondary N) is 1. The standard InChI is InChI=1S/C13H28N2O/c1-9(2)6-12(8-14)7-13(16)15-11(5)10(3)4/h9-12H,6-8,14H2,1-5H3,(H,15,16). The van der Waals surface area contributed by atoms with Gasteiger partial charge in [0.15, 0.2) is 0 Å². The van der Waals surface area contributed by atoms with Crippen LogP contribution in [0.25, 0.3) is 0 Å². The van der Waals surface area contributed by atoms with Crippen molar-refractivity contribution in [1.29, 1.82) is 0 Å². The van der Waals surface area contributed by atoms with E-state index < -0.39 is 0 Å². The van der Waals surface area contributed by atoms with E-state index in [4.69, 9.17) is 5.73 Å². The van der Waals surface area contributed by atoms with E-state index in [-0.39, 0.29) is 11.9 Å². The molecule has 0 aliphatic heterocycles. The first-order valence-electron chi connectivity index (χ1n) is 6.36. The Morgan fingerprint density at radius 3 is 2.12 bits per heavy atom. The summed E-state index contributed by atoms with van der Waals surface area (Å²) in [5.41, 5.74) is 5.68. The fourth-order valence-corrected chi connectivity index (χ4v) is 1.67. The van der Waals surface area contributed by atoms with Crippen molar-refractivity contribution in [3.05, 3.63) is 0 Å². The lowest BCUT2D eigenvalue weighted by molar-refractivity contribution is -0.122. The van der Waals surface area contributed by atoms with Gasteiger partial charge in [-0.3, -0.25) is 4.79 Å². The summed E-state index contributed by atoms with van der Waals surface area (Å²) in [6.45, 7) is 11.2. The summed E-state index contributed by atoms with van der Waals surface area (Å²) in [4.78, 5) is 11.7. The maximum Gasteiger partial charge on any atom is 0.220 e. The highest BCUT2D eigenvalue weighted by atomic mass is 16.1. The first-order chi connectivity index (χ1) is 7.36. The Labute approximate surface area is 100 Å². The Morgan fingerprint density at radius 2 is 1.75 bits per heavy atom. The Bertz CT molecular complexity index is 202. The summed E-state index contributed by atoms with van der Waals surface area (Å²) in [6.07, 6.45) is 1.59. The number of nitrogens with two attached hydrogens (primary N) is 1. The zero-order chi connectivity index (χ0) is 12.7. The second kappa shape index (κ2) is 7.66. The van der Waals surface area contributed by atoms with Crippen LogP contribution in [-0.4, -0.2) is 18.5 Å². The van der Waals surface area contributed by atoms with Gasteiger partial charge in [0.1, 0.15) is 0 Å². The summed E-state index contributed by atoms with van der Waals surface area (Å²) in [5, 5.41) is 3.02. The zero-order valence-electron chi connectivity index (χ0n) is 11.4. The van der Waals surface area contributed by atoms with Crippen LogP contribution in [0.15, 0.2) is 0 Å². The zero-order valence-corrected chi connectivity index (χ0v) is 11.4. The summed E-state index contributed by atoms with van der Waals surface area (Å²) in [6, 6.07) is 0.241. The van der Waals surface area contributed by atoms with Crippen molar-refractivity contribution in [3.63, 3.8) is 0 Å². The third-order valence-electron chi connectivity index (χ3n) is 3.00. The van der Waals surface area contributed by atoms with Gasteiger partial charge in [0.05, 0.1) is 0 Å². The molecule has 0 saturated carbocycles. The maximum atomic E-state index is 11.7. The fraction of sp³-hybridized carbons (Fsp3) is 0.923. The normalized spacial score (nSPS) is 15.2. The van der Waals surface area contributed by atoms with Crippen LogP contribution in [0.2, 0.25) is 0 Å². The van der Waals surface area contributed by atoms with Crippen LogP contribution in [0.5, 0.6) is 0 Å². The molecule has 96 valence electrons. The molecular weight excluding hydrogens is 200 g/mol. The number of rotatable bonds is 7. The lowest BCUT2D eigenvalue weighted by Crippen LogP contribution is -2.37. The minimum Gasteiger partial charge on any atom is -0.353 e. The van der Waals surface area contributed by atoms with Crippen LogP contribution in [0.3, 0.4) is 0 Å². The third-order valence-corrected chi connectivity index (χ3v) is 3.00. The predicted octanol–water partition coefficient (Wildman–Crippen LogP) is 2.16. The van der Waals surface area contributed by atoms with Crippen molar-refractivity contribution in [2.75, 3.05) is 6.54 Å². The molecule has 0 aliphatic rings. The van der Waals surface area contributed by atoms with Gasteiger partial charge in [-0.05, 0) is 37.6 Å². The molecule has 3 nitrogen and oxygen atoms in total. The van der Waals surface area contributed by atoms with E-state index >= 15 is 0 Å². The Morgan fingerprint density at radius 1 is 1.19 bits per heavy atom. The lowest BCUT2D eigenvalue weighted by Gasteiger charge is -2.21. The fourth-order valence-electron chi connectivity index (χ4n) is 1.67. The molecule has 0 aliphatic carbocycles. The predicted molar refractivity (Wildman–Crippen MR) is 69.1 cm³/mol. The second-order valence-electron chi connectivity index (χ2n) is 5.54. The van der Waals surface area contributed by atoms with Crippen molar-refractivity contribution < 1.29 is 4.79 Å². The van der Waals surface area contributed by atoms with Crippen molar-refractivity contribution in [2.24, 2.45) is 23.5 Å². The topological polar surface area (TPSA) is 55.1 Å². The average Bonchev–Trinajstić information content (AvgIpc) is 2.15. The lowest BCUT2D eigenvalue weighted by atomic mass is 9.93. The van der Waals surface area contributed by atoms with Gasteiger partial charge in [0.25, 0.3) is 0 Å². The third kappa shape index (κ3) is 6.83. The highest BCUT2D eigenvalue weighted by Crippen LogP contribution is 2.14. The van der Waals surface area contributed by atoms with Gasteiger partial charge in [0, 0.05) is 12.5 Å². The van der Waals surface area contributed by atoms with Gasteiger partial charge < -0.3 is 11.1 Å². The summed E-state index contributed by atoms with van der Waals surface area (Å²) >= 11 is 0. The molecule has 0 bridgehead atoms. The number of carbonyl (C=O) groups is 1. The molecule has 0 aromatic rings. The number of hydrogen-bond donors (Lipinski definition) is 2. The molecule has 16 heavy (non-hydrogen) atoms. The number of amides is 1. The van der Waals surface area contributed by atoms with Crippen LogP contribution >= 0.6 is 0 Å². The molecular formula is C13H28N2O. The summed E-state index contributed by atoms with van der Waals surface area (Å²) in [7, 11) is 0. The van der Waals surface area contributed by atoms with Crippen LogP contribution in [0, 0.1) is 17.8 Å². The quantitative estimate of drug-likeness (QED) is 0.701. The second-order valence-corrected chi connectivity index (χ2v) is 5.54. The van der Waals surface area contributed by atoms with Crippen molar-refractivity contribution in [1.82, 2.24) is 5.32 Å². The number of carbonyl (C=O) groups excluding carboxylic acids is 1. The molecule has 0 heterocycles. The average molecular weight is 228 g/mol. The summed E-state index contributed by atoms with van der Waals surface area (Å²) in [5.74, 6) is 1.53. The first-order valence-corrected chi connectivity index (χ1v) is 6.36. The smallest absolute Gasteiger partial charge is 0.220 e. The Kier molecular flexibility index (Phi) is 7.39. The highest BCUT2D eigenvalue weighted by molar-refractivity contribution is 5.76. The number of hydrogen-bond acceptors (Lipinski definition) is 2. The van der Waals surface area contributed by atoms with Gasteiger partial charge in [-0.25, -0.2) is 0 Å². The first kappa shape index (κ1) is 15.4. The van der Waals surface area contributed by atoms with Gasteiger partial charge in [-0.2, -0.15) is 0 Å².